The van der Waals surface area contributed by atoms with Crippen LogP contribution in [0.1, 0.15) is 44.9 Å². The maximum atomic E-state index is 13.2. The van der Waals surface area contributed by atoms with Crippen molar-refractivity contribution in [2.45, 2.75) is 45.8 Å². The summed E-state index contributed by atoms with van der Waals surface area (Å²) in [6.45, 7) is 9.10. The molecule has 2 aromatic rings. The van der Waals surface area contributed by atoms with Crippen LogP contribution in [0.3, 0.4) is 0 Å². The van der Waals surface area contributed by atoms with Crippen LogP contribution >= 0.6 is 0 Å². The SMILES string of the molecule is C[C@H](NCc1cnn(C(C)(C)C)c1)c1cccc(F)c1. The first-order valence-corrected chi connectivity index (χ1v) is 6.89. The fraction of sp³-hybridized carbons (Fsp3) is 0.438. The van der Waals surface area contributed by atoms with Gasteiger partial charge in [0.25, 0.3) is 0 Å². The molecule has 4 heteroatoms. The summed E-state index contributed by atoms with van der Waals surface area (Å²) in [7, 11) is 0. The molecule has 0 spiro atoms. The van der Waals surface area contributed by atoms with Crippen LogP contribution in [-0.4, -0.2) is 9.78 Å². The molecule has 0 unspecified atom stereocenters. The highest BCUT2D eigenvalue weighted by molar-refractivity contribution is 5.19. The first kappa shape index (κ1) is 14.7. The van der Waals surface area contributed by atoms with Gasteiger partial charge in [-0.25, -0.2) is 4.39 Å². The van der Waals surface area contributed by atoms with E-state index in [2.05, 4.69) is 31.2 Å². The van der Waals surface area contributed by atoms with Crippen LogP contribution in [0.4, 0.5) is 4.39 Å². The van der Waals surface area contributed by atoms with Gasteiger partial charge in [-0.1, -0.05) is 12.1 Å². The van der Waals surface area contributed by atoms with E-state index in [1.165, 1.54) is 6.07 Å². The van der Waals surface area contributed by atoms with Crippen molar-refractivity contribution in [1.82, 2.24) is 15.1 Å². The lowest BCUT2D eigenvalue weighted by molar-refractivity contribution is 0.355. The highest BCUT2D eigenvalue weighted by atomic mass is 19.1. The molecule has 1 aromatic carbocycles. The predicted molar refractivity (Wildman–Crippen MR) is 78.9 cm³/mol. The molecule has 0 aliphatic carbocycles. The molecule has 0 bridgehead atoms. The molecule has 0 aliphatic rings. The van der Waals surface area contributed by atoms with Crippen molar-refractivity contribution in [3.05, 3.63) is 53.6 Å². The summed E-state index contributed by atoms with van der Waals surface area (Å²) in [4.78, 5) is 0. The van der Waals surface area contributed by atoms with Gasteiger partial charge in [-0.2, -0.15) is 5.10 Å². The van der Waals surface area contributed by atoms with Gasteiger partial charge >= 0.3 is 0 Å². The molecule has 0 amide bonds. The van der Waals surface area contributed by atoms with Gasteiger partial charge in [0.1, 0.15) is 5.82 Å². The topological polar surface area (TPSA) is 29.9 Å². The number of aromatic nitrogens is 2. The van der Waals surface area contributed by atoms with E-state index >= 15 is 0 Å². The second kappa shape index (κ2) is 5.75. The molecule has 0 saturated heterocycles. The second-order valence-corrected chi connectivity index (χ2v) is 6.12. The number of nitrogens with zero attached hydrogens (tertiary/aromatic N) is 2. The third-order valence-electron chi connectivity index (χ3n) is 3.28. The third kappa shape index (κ3) is 3.67. The molecule has 0 fully saturated rings. The van der Waals surface area contributed by atoms with E-state index in [0.717, 1.165) is 11.1 Å². The molecule has 1 atom stereocenters. The first-order valence-electron chi connectivity index (χ1n) is 6.89. The molecule has 1 aromatic heterocycles. The summed E-state index contributed by atoms with van der Waals surface area (Å²) in [5.74, 6) is -0.197. The van der Waals surface area contributed by atoms with Gasteiger partial charge in [0.2, 0.25) is 0 Å². The number of rotatable bonds is 4. The van der Waals surface area contributed by atoms with Crippen LogP contribution in [0.25, 0.3) is 0 Å². The maximum absolute atomic E-state index is 13.2. The summed E-state index contributed by atoms with van der Waals surface area (Å²) in [6, 6.07) is 6.79. The highest BCUT2D eigenvalue weighted by Gasteiger charge is 2.14. The van der Waals surface area contributed by atoms with E-state index < -0.39 is 0 Å². The number of nitrogens with one attached hydrogen (secondary N) is 1. The van der Waals surface area contributed by atoms with E-state index in [4.69, 9.17) is 0 Å². The van der Waals surface area contributed by atoms with Crippen LogP contribution < -0.4 is 5.32 Å². The van der Waals surface area contributed by atoms with Crippen molar-refractivity contribution in [2.24, 2.45) is 0 Å². The zero-order valence-corrected chi connectivity index (χ0v) is 12.5. The van der Waals surface area contributed by atoms with Crippen LogP contribution in [-0.2, 0) is 12.1 Å². The minimum atomic E-state index is -0.197. The molecular weight excluding hydrogens is 253 g/mol. The van der Waals surface area contributed by atoms with Crippen molar-refractivity contribution >= 4 is 0 Å². The Morgan fingerprint density at radius 1 is 1.35 bits per heavy atom. The summed E-state index contributed by atoms with van der Waals surface area (Å²) < 4.78 is 15.1. The van der Waals surface area contributed by atoms with E-state index in [1.807, 2.05) is 30.1 Å². The van der Waals surface area contributed by atoms with E-state index in [9.17, 15) is 4.39 Å². The summed E-state index contributed by atoms with van der Waals surface area (Å²) in [5, 5.41) is 7.76. The number of halogens is 1. The van der Waals surface area contributed by atoms with E-state index in [0.29, 0.717) is 6.54 Å². The largest absolute Gasteiger partial charge is 0.306 e. The minimum absolute atomic E-state index is 0.00752. The van der Waals surface area contributed by atoms with Crippen molar-refractivity contribution in [2.75, 3.05) is 0 Å². The smallest absolute Gasteiger partial charge is 0.123 e. The van der Waals surface area contributed by atoms with Crippen molar-refractivity contribution in [3.8, 4) is 0 Å². The summed E-state index contributed by atoms with van der Waals surface area (Å²) in [6.07, 6.45) is 3.92. The Hall–Kier alpha value is -1.68. The molecule has 108 valence electrons. The van der Waals surface area contributed by atoms with Crippen molar-refractivity contribution in [1.29, 1.82) is 0 Å². The molecule has 20 heavy (non-hydrogen) atoms. The van der Waals surface area contributed by atoms with Gasteiger partial charge in [0.05, 0.1) is 11.7 Å². The maximum Gasteiger partial charge on any atom is 0.123 e. The monoisotopic (exact) mass is 275 g/mol. The Labute approximate surface area is 119 Å². The number of hydrogen-bond acceptors (Lipinski definition) is 2. The molecule has 0 saturated carbocycles. The lowest BCUT2D eigenvalue weighted by atomic mass is 10.1. The van der Waals surface area contributed by atoms with Gasteiger partial charge in [-0.05, 0) is 45.4 Å². The lowest BCUT2D eigenvalue weighted by Crippen LogP contribution is -2.22. The average Bonchev–Trinajstić information content (AvgIpc) is 2.84. The van der Waals surface area contributed by atoms with E-state index in [-0.39, 0.29) is 17.4 Å². The zero-order chi connectivity index (χ0) is 14.8. The Bertz CT molecular complexity index is 569. The van der Waals surface area contributed by atoms with E-state index in [1.54, 1.807) is 12.1 Å². The van der Waals surface area contributed by atoms with Crippen molar-refractivity contribution in [3.63, 3.8) is 0 Å². The molecular formula is C16H22FN3. The molecule has 0 radical (unpaired) electrons. The van der Waals surface area contributed by atoms with Crippen LogP contribution in [0, 0.1) is 5.82 Å². The van der Waals surface area contributed by atoms with Crippen LogP contribution in [0.2, 0.25) is 0 Å². The van der Waals surface area contributed by atoms with Crippen molar-refractivity contribution < 1.29 is 4.39 Å². The fourth-order valence-electron chi connectivity index (χ4n) is 1.98. The summed E-state index contributed by atoms with van der Waals surface area (Å²) in [5.41, 5.74) is 2.07. The fourth-order valence-corrected chi connectivity index (χ4v) is 1.98. The van der Waals surface area contributed by atoms with Gasteiger partial charge in [-0.15, -0.1) is 0 Å². The van der Waals surface area contributed by atoms with Crippen LogP contribution in [0.5, 0.6) is 0 Å². The molecule has 2 rings (SSSR count). The minimum Gasteiger partial charge on any atom is -0.306 e. The van der Waals surface area contributed by atoms with Gasteiger partial charge in [-0.3, -0.25) is 4.68 Å². The van der Waals surface area contributed by atoms with Crippen LogP contribution in [0.15, 0.2) is 36.7 Å². The quantitative estimate of drug-likeness (QED) is 0.923. The number of benzene rings is 1. The Balaban J connectivity index is 1.97. The molecule has 1 heterocycles. The highest BCUT2D eigenvalue weighted by Crippen LogP contribution is 2.16. The first-order chi connectivity index (χ1) is 9.36. The third-order valence-corrected chi connectivity index (χ3v) is 3.28. The summed E-state index contributed by atoms with van der Waals surface area (Å²) >= 11 is 0. The Morgan fingerprint density at radius 3 is 2.70 bits per heavy atom. The molecule has 3 nitrogen and oxygen atoms in total. The second-order valence-electron chi connectivity index (χ2n) is 6.12. The lowest BCUT2D eigenvalue weighted by Gasteiger charge is -2.18. The molecule has 0 aliphatic heterocycles. The number of hydrogen-bond donors (Lipinski definition) is 1. The van der Waals surface area contributed by atoms with Gasteiger partial charge < -0.3 is 5.32 Å². The van der Waals surface area contributed by atoms with Gasteiger partial charge in [0.15, 0.2) is 0 Å². The Kier molecular flexibility index (Phi) is 4.23. The average molecular weight is 275 g/mol. The predicted octanol–water partition coefficient (Wildman–Crippen LogP) is 3.63. The zero-order valence-electron chi connectivity index (χ0n) is 12.5. The Morgan fingerprint density at radius 2 is 2.10 bits per heavy atom. The standard InChI is InChI=1S/C16H22FN3/c1-12(14-6-5-7-15(17)8-14)18-9-13-10-19-20(11-13)16(2,3)4/h5-8,10-12,18H,9H2,1-4H3/t12-/m0/s1. The van der Waals surface area contributed by atoms with Gasteiger partial charge in [0, 0.05) is 24.3 Å². The normalized spacial score (nSPS) is 13.4. The molecule has 1 N–H and O–H groups in total.